The Balaban J connectivity index is 2.57. The average molecular weight is 285 g/mol. The molecule has 1 aromatic heterocycles. The fourth-order valence-corrected chi connectivity index (χ4v) is 2.21. The molecule has 0 radical (unpaired) electrons. The third kappa shape index (κ3) is 2.42. The molecular formula is C13H14ClFN2O2. The molecule has 2 aromatic rings. The van der Waals surface area contributed by atoms with Crippen LogP contribution in [-0.2, 0) is 15.4 Å². The van der Waals surface area contributed by atoms with Gasteiger partial charge in [0.1, 0.15) is 17.4 Å². The van der Waals surface area contributed by atoms with E-state index in [1.54, 1.807) is 30.5 Å². The van der Waals surface area contributed by atoms with E-state index in [0.29, 0.717) is 17.9 Å². The number of carbonyl (C=O) groups excluding carboxylic acids is 1. The van der Waals surface area contributed by atoms with Gasteiger partial charge in [-0.25, -0.2) is 14.2 Å². The lowest BCUT2D eigenvalue weighted by atomic mass is 10.2. The van der Waals surface area contributed by atoms with Gasteiger partial charge in [0, 0.05) is 0 Å². The zero-order valence-electron chi connectivity index (χ0n) is 10.7. The van der Waals surface area contributed by atoms with Gasteiger partial charge in [0.2, 0.25) is 0 Å². The number of carbonyl (C=O) groups is 1. The number of esters is 1. The number of hydrogen-bond donors (Lipinski definition) is 0. The van der Waals surface area contributed by atoms with Gasteiger partial charge in [-0.2, -0.15) is 0 Å². The summed E-state index contributed by atoms with van der Waals surface area (Å²) in [6, 6.07) is 4.01. The summed E-state index contributed by atoms with van der Waals surface area (Å²) in [6.45, 7) is 3.71. The Morgan fingerprint density at radius 3 is 2.95 bits per heavy atom. The van der Waals surface area contributed by atoms with Crippen LogP contribution in [0.25, 0.3) is 11.0 Å². The molecule has 1 aromatic carbocycles. The number of para-hydroxylation sites is 1. The van der Waals surface area contributed by atoms with Crippen LogP contribution < -0.4 is 0 Å². The van der Waals surface area contributed by atoms with Gasteiger partial charge >= 0.3 is 5.97 Å². The van der Waals surface area contributed by atoms with Gasteiger partial charge in [0.05, 0.1) is 18.0 Å². The molecule has 0 aliphatic heterocycles. The predicted octanol–water partition coefficient (Wildman–Crippen LogP) is 3.04. The van der Waals surface area contributed by atoms with Gasteiger partial charge in [-0.3, -0.25) is 0 Å². The number of ether oxygens (including phenoxy) is 1. The van der Waals surface area contributed by atoms with Crippen molar-refractivity contribution in [2.75, 3.05) is 6.61 Å². The minimum absolute atomic E-state index is 0.0951. The topological polar surface area (TPSA) is 44.1 Å². The van der Waals surface area contributed by atoms with Crippen LogP contribution >= 0.6 is 11.6 Å². The molecule has 1 heterocycles. The average Bonchev–Trinajstić information content (AvgIpc) is 2.78. The van der Waals surface area contributed by atoms with Crippen LogP contribution in [0.2, 0.25) is 0 Å². The van der Waals surface area contributed by atoms with E-state index in [9.17, 15) is 9.18 Å². The van der Waals surface area contributed by atoms with Gasteiger partial charge in [-0.1, -0.05) is 6.07 Å². The molecule has 0 aliphatic carbocycles. The first-order valence-electron chi connectivity index (χ1n) is 5.98. The zero-order chi connectivity index (χ0) is 14.0. The SMILES string of the molecule is CCOC(=O)C(C)n1c(CCl)nc2c(F)cccc21. The highest BCUT2D eigenvalue weighted by Crippen LogP contribution is 2.24. The number of benzene rings is 1. The standard InChI is InChI=1S/C13H14ClFN2O2/c1-3-19-13(18)8(2)17-10-6-4-5-9(15)12(10)16-11(17)7-14/h4-6,8H,3,7H2,1-2H3. The molecule has 19 heavy (non-hydrogen) atoms. The third-order valence-corrected chi connectivity index (χ3v) is 3.12. The van der Waals surface area contributed by atoms with Gasteiger partial charge < -0.3 is 9.30 Å². The second-order valence-corrected chi connectivity index (χ2v) is 4.33. The van der Waals surface area contributed by atoms with Gasteiger partial charge in [0.15, 0.2) is 5.82 Å². The van der Waals surface area contributed by atoms with E-state index in [-0.39, 0.29) is 11.4 Å². The molecule has 0 spiro atoms. The molecule has 0 bridgehead atoms. The lowest BCUT2D eigenvalue weighted by Gasteiger charge is -2.15. The Morgan fingerprint density at radius 2 is 2.32 bits per heavy atom. The molecule has 1 atom stereocenters. The number of aromatic nitrogens is 2. The van der Waals surface area contributed by atoms with E-state index in [1.807, 2.05) is 0 Å². The van der Waals surface area contributed by atoms with E-state index >= 15 is 0 Å². The Hall–Kier alpha value is -1.62. The van der Waals surface area contributed by atoms with Crippen molar-refractivity contribution in [3.63, 3.8) is 0 Å². The second-order valence-electron chi connectivity index (χ2n) is 4.07. The summed E-state index contributed by atoms with van der Waals surface area (Å²) >= 11 is 5.82. The summed E-state index contributed by atoms with van der Waals surface area (Å²) in [5.74, 6) is -0.281. The van der Waals surface area contributed by atoms with Crippen LogP contribution in [0.1, 0.15) is 25.7 Å². The first kappa shape index (κ1) is 13.8. The summed E-state index contributed by atoms with van der Waals surface area (Å²) in [7, 11) is 0. The summed E-state index contributed by atoms with van der Waals surface area (Å²) in [5, 5.41) is 0. The Morgan fingerprint density at radius 1 is 1.58 bits per heavy atom. The number of fused-ring (bicyclic) bond motifs is 1. The number of imidazole rings is 1. The maximum Gasteiger partial charge on any atom is 0.328 e. The van der Waals surface area contributed by atoms with Gasteiger partial charge in [0.25, 0.3) is 0 Å². The summed E-state index contributed by atoms with van der Waals surface area (Å²) < 4.78 is 20.3. The van der Waals surface area contributed by atoms with Crippen molar-refractivity contribution < 1.29 is 13.9 Å². The van der Waals surface area contributed by atoms with E-state index in [1.165, 1.54) is 6.07 Å². The molecule has 102 valence electrons. The van der Waals surface area contributed by atoms with E-state index in [4.69, 9.17) is 16.3 Å². The Bertz CT molecular complexity index is 612. The van der Waals surface area contributed by atoms with Crippen molar-refractivity contribution in [2.45, 2.75) is 25.8 Å². The summed E-state index contributed by atoms with van der Waals surface area (Å²) in [4.78, 5) is 16.0. The number of alkyl halides is 1. The Labute approximate surface area is 115 Å². The summed E-state index contributed by atoms with van der Waals surface area (Å²) in [5.41, 5.74) is 0.755. The zero-order valence-corrected chi connectivity index (χ0v) is 11.4. The highest BCUT2D eigenvalue weighted by molar-refractivity contribution is 6.16. The fraction of sp³-hybridized carbons (Fsp3) is 0.385. The molecule has 0 saturated heterocycles. The van der Waals surface area contributed by atoms with Crippen molar-refractivity contribution in [3.05, 3.63) is 29.8 Å². The molecule has 1 unspecified atom stereocenters. The molecule has 0 amide bonds. The van der Waals surface area contributed by atoms with Crippen LogP contribution in [0, 0.1) is 5.82 Å². The number of rotatable bonds is 4. The minimum Gasteiger partial charge on any atom is -0.464 e. The smallest absolute Gasteiger partial charge is 0.328 e. The van der Waals surface area contributed by atoms with Gasteiger partial charge in [-0.05, 0) is 26.0 Å². The normalized spacial score (nSPS) is 12.6. The largest absolute Gasteiger partial charge is 0.464 e. The molecule has 4 nitrogen and oxygen atoms in total. The molecule has 0 saturated carbocycles. The maximum atomic E-state index is 13.7. The van der Waals surface area contributed by atoms with Crippen LogP contribution in [0.5, 0.6) is 0 Å². The van der Waals surface area contributed by atoms with Crippen LogP contribution in [0.3, 0.4) is 0 Å². The first-order valence-corrected chi connectivity index (χ1v) is 6.51. The molecule has 6 heteroatoms. The van der Waals surface area contributed by atoms with Gasteiger partial charge in [-0.15, -0.1) is 11.6 Å². The van der Waals surface area contributed by atoms with E-state index < -0.39 is 17.8 Å². The van der Waals surface area contributed by atoms with E-state index in [2.05, 4.69) is 4.98 Å². The van der Waals surface area contributed by atoms with Crippen LogP contribution in [0.15, 0.2) is 18.2 Å². The fourth-order valence-electron chi connectivity index (χ4n) is 2.03. The lowest BCUT2D eigenvalue weighted by molar-refractivity contribution is -0.146. The highest BCUT2D eigenvalue weighted by atomic mass is 35.5. The van der Waals surface area contributed by atoms with Crippen molar-refractivity contribution >= 4 is 28.6 Å². The number of halogens is 2. The van der Waals surface area contributed by atoms with Crippen LogP contribution in [0.4, 0.5) is 4.39 Å². The Kier molecular flexibility index (Phi) is 4.04. The van der Waals surface area contributed by atoms with E-state index in [0.717, 1.165) is 0 Å². The molecule has 0 fully saturated rings. The summed E-state index contributed by atoms with van der Waals surface area (Å²) in [6.07, 6.45) is 0. The van der Waals surface area contributed by atoms with Crippen LogP contribution in [-0.4, -0.2) is 22.1 Å². The molecular weight excluding hydrogens is 271 g/mol. The molecule has 0 aliphatic rings. The number of nitrogens with zero attached hydrogens (tertiary/aromatic N) is 2. The predicted molar refractivity (Wildman–Crippen MR) is 70.6 cm³/mol. The van der Waals surface area contributed by atoms with Crippen molar-refractivity contribution in [2.24, 2.45) is 0 Å². The maximum absolute atomic E-state index is 13.7. The first-order chi connectivity index (χ1) is 9.10. The lowest BCUT2D eigenvalue weighted by Crippen LogP contribution is -2.20. The third-order valence-electron chi connectivity index (χ3n) is 2.88. The molecule has 0 N–H and O–H groups in total. The van der Waals surface area contributed by atoms with Crippen molar-refractivity contribution in [1.82, 2.24) is 9.55 Å². The quantitative estimate of drug-likeness (QED) is 0.640. The van der Waals surface area contributed by atoms with Crippen molar-refractivity contribution in [1.29, 1.82) is 0 Å². The number of hydrogen-bond acceptors (Lipinski definition) is 3. The molecule has 2 rings (SSSR count). The monoisotopic (exact) mass is 284 g/mol. The van der Waals surface area contributed by atoms with Crippen molar-refractivity contribution in [3.8, 4) is 0 Å². The minimum atomic E-state index is -0.597. The second kappa shape index (κ2) is 5.57. The highest BCUT2D eigenvalue weighted by Gasteiger charge is 2.23.